The lowest BCUT2D eigenvalue weighted by Gasteiger charge is -2.32. The lowest BCUT2D eigenvalue weighted by Crippen LogP contribution is -2.45. The second-order valence-corrected chi connectivity index (χ2v) is 4.49. The van der Waals surface area contributed by atoms with E-state index in [1.54, 1.807) is 24.3 Å². The van der Waals surface area contributed by atoms with E-state index in [1.807, 2.05) is 0 Å². The highest BCUT2D eigenvalue weighted by atomic mass is 35.5. The van der Waals surface area contributed by atoms with E-state index in [0.29, 0.717) is 13.2 Å². The normalized spacial score (nSPS) is 19.7. The van der Waals surface area contributed by atoms with E-state index in [1.165, 1.54) is 0 Å². The molecule has 4 nitrogen and oxygen atoms in total. The molecular formula is C13H19ClF2N2O2. The maximum Gasteiger partial charge on any atom is 0.387 e. The number of rotatable bonds is 5. The average molecular weight is 309 g/mol. The van der Waals surface area contributed by atoms with Gasteiger partial charge < -0.3 is 15.2 Å². The summed E-state index contributed by atoms with van der Waals surface area (Å²) in [5.41, 5.74) is 6.64. The van der Waals surface area contributed by atoms with Crippen LogP contribution in [0.15, 0.2) is 24.3 Å². The smallest absolute Gasteiger partial charge is 0.387 e. The standard InChI is InChI=1S/C13H18F2N2O2.ClH/c14-13(15)19-11-3-1-10(2-4-11)8-17-5-6-18-12(7-16)9-17;/h1-4,12-13H,5-9,16H2;1H. The van der Waals surface area contributed by atoms with Gasteiger partial charge in [-0.2, -0.15) is 8.78 Å². The Morgan fingerprint density at radius 2 is 2.05 bits per heavy atom. The minimum Gasteiger partial charge on any atom is -0.435 e. The van der Waals surface area contributed by atoms with Crippen LogP contribution in [0, 0.1) is 0 Å². The van der Waals surface area contributed by atoms with E-state index in [9.17, 15) is 8.78 Å². The molecule has 0 amide bonds. The molecule has 0 aromatic heterocycles. The van der Waals surface area contributed by atoms with E-state index in [4.69, 9.17) is 10.5 Å². The van der Waals surface area contributed by atoms with Crippen LogP contribution in [0.4, 0.5) is 8.78 Å². The Bertz CT molecular complexity index is 392. The number of nitrogens with zero attached hydrogens (tertiary/aromatic N) is 1. The minimum absolute atomic E-state index is 0. The number of nitrogens with two attached hydrogens (primary N) is 1. The van der Waals surface area contributed by atoms with Gasteiger partial charge in [-0.15, -0.1) is 12.4 Å². The third-order valence-corrected chi connectivity index (χ3v) is 3.04. The molecule has 2 rings (SSSR count). The highest BCUT2D eigenvalue weighted by Gasteiger charge is 2.19. The van der Waals surface area contributed by atoms with Gasteiger partial charge in [0.15, 0.2) is 0 Å². The lowest BCUT2D eigenvalue weighted by atomic mass is 10.2. The van der Waals surface area contributed by atoms with Gasteiger partial charge in [0.05, 0.1) is 12.7 Å². The van der Waals surface area contributed by atoms with Gasteiger partial charge in [0.2, 0.25) is 0 Å². The Labute approximate surface area is 123 Å². The highest BCUT2D eigenvalue weighted by molar-refractivity contribution is 5.85. The molecule has 1 aromatic carbocycles. The Balaban J connectivity index is 0.00000200. The molecule has 0 saturated carbocycles. The van der Waals surface area contributed by atoms with Crippen LogP contribution in [0.25, 0.3) is 0 Å². The summed E-state index contributed by atoms with van der Waals surface area (Å²) in [6, 6.07) is 6.71. The van der Waals surface area contributed by atoms with Crippen LogP contribution in [-0.4, -0.2) is 43.9 Å². The summed E-state index contributed by atoms with van der Waals surface area (Å²) in [6.07, 6.45) is 0.0789. The first-order valence-electron chi connectivity index (χ1n) is 6.25. The van der Waals surface area contributed by atoms with E-state index >= 15 is 0 Å². The van der Waals surface area contributed by atoms with Crippen molar-refractivity contribution in [2.24, 2.45) is 5.73 Å². The fraction of sp³-hybridized carbons (Fsp3) is 0.538. The second-order valence-electron chi connectivity index (χ2n) is 4.49. The largest absolute Gasteiger partial charge is 0.435 e. The van der Waals surface area contributed by atoms with Crippen molar-refractivity contribution in [2.45, 2.75) is 19.3 Å². The van der Waals surface area contributed by atoms with Gasteiger partial charge in [-0.25, -0.2) is 0 Å². The van der Waals surface area contributed by atoms with Crippen LogP contribution in [0.2, 0.25) is 0 Å². The van der Waals surface area contributed by atoms with E-state index in [0.717, 1.165) is 25.2 Å². The van der Waals surface area contributed by atoms with E-state index in [2.05, 4.69) is 9.64 Å². The number of morpholine rings is 1. The maximum absolute atomic E-state index is 12.0. The lowest BCUT2D eigenvalue weighted by molar-refractivity contribution is -0.0499. The Morgan fingerprint density at radius 1 is 1.35 bits per heavy atom. The van der Waals surface area contributed by atoms with Crippen molar-refractivity contribution in [3.63, 3.8) is 0 Å². The van der Waals surface area contributed by atoms with Gasteiger partial charge >= 0.3 is 6.61 Å². The molecule has 114 valence electrons. The summed E-state index contributed by atoms with van der Waals surface area (Å²) in [5, 5.41) is 0. The summed E-state index contributed by atoms with van der Waals surface area (Å²) in [4.78, 5) is 2.24. The molecule has 1 heterocycles. The van der Waals surface area contributed by atoms with Crippen molar-refractivity contribution >= 4 is 12.4 Å². The minimum atomic E-state index is -2.78. The molecule has 2 N–H and O–H groups in total. The molecular weight excluding hydrogens is 290 g/mol. The quantitative estimate of drug-likeness (QED) is 0.902. The molecule has 0 radical (unpaired) electrons. The summed E-state index contributed by atoms with van der Waals surface area (Å²) in [7, 11) is 0. The fourth-order valence-corrected chi connectivity index (χ4v) is 2.10. The van der Waals surface area contributed by atoms with Crippen molar-refractivity contribution < 1.29 is 18.3 Å². The van der Waals surface area contributed by atoms with E-state index in [-0.39, 0.29) is 24.3 Å². The third-order valence-electron chi connectivity index (χ3n) is 3.04. The average Bonchev–Trinajstić information content (AvgIpc) is 2.41. The summed E-state index contributed by atoms with van der Waals surface area (Å²) >= 11 is 0. The van der Waals surface area contributed by atoms with E-state index < -0.39 is 6.61 Å². The van der Waals surface area contributed by atoms with Crippen molar-refractivity contribution in [3.05, 3.63) is 29.8 Å². The molecule has 1 aromatic rings. The molecule has 7 heteroatoms. The van der Waals surface area contributed by atoms with Gasteiger partial charge in [0.1, 0.15) is 5.75 Å². The van der Waals surface area contributed by atoms with Gasteiger partial charge in [0.25, 0.3) is 0 Å². The first-order valence-corrected chi connectivity index (χ1v) is 6.25. The predicted octanol–water partition coefficient (Wildman–Crippen LogP) is 1.87. The summed E-state index contributed by atoms with van der Waals surface area (Å²) < 4.78 is 33.8. The Morgan fingerprint density at radius 3 is 2.65 bits per heavy atom. The molecule has 1 atom stereocenters. The van der Waals surface area contributed by atoms with Crippen molar-refractivity contribution in [3.8, 4) is 5.75 Å². The summed E-state index contributed by atoms with van der Waals surface area (Å²) in [6.45, 7) is 0.814. The molecule has 1 fully saturated rings. The molecule has 1 aliphatic rings. The number of ether oxygens (including phenoxy) is 2. The zero-order chi connectivity index (χ0) is 13.7. The van der Waals surface area contributed by atoms with Gasteiger partial charge in [-0.3, -0.25) is 4.90 Å². The van der Waals surface area contributed by atoms with Crippen LogP contribution in [0.3, 0.4) is 0 Å². The van der Waals surface area contributed by atoms with Crippen LogP contribution < -0.4 is 10.5 Å². The zero-order valence-corrected chi connectivity index (χ0v) is 11.8. The molecule has 20 heavy (non-hydrogen) atoms. The topological polar surface area (TPSA) is 47.7 Å². The highest BCUT2D eigenvalue weighted by Crippen LogP contribution is 2.17. The molecule has 1 unspecified atom stereocenters. The fourth-order valence-electron chi connectivity index (χ4n) is 2.10. The second kappa shape index (κ2) is 8.36. The van der Waals surface area contributed by atoms with Crippen LogP contribution in [-0.2, 0) is 11.3 Å². The van der Waals surface area contributed by atoms with Crippen molar-refractivity contribution in [2.75, 3.05) is 26.2 Å². The molecule has 1 aliphatic heterocycles. The molecule has 0 bridgehead atoms. The van der Waals surface area contributed by atoms with Gasteiger partial charge in [-0.1, -0.05) is 12.1 Å². The number of halogens is 3. The van der Waals surface area contributed by atoms with Crippen LogP contribution in [0.1, 0.15) is 5.56 Å². The Hall–Kier alpha value is -0.950. The molecule has 0 spiro atoms. The molecule has 0 aliphatic carbocycles. The first kappa shape index (κ1) is 17.1. The van der Waals surface area contributed by atoms with Gasteiger partial charge in [-0.05, 0) is 17.7 Å². The SMILES string of the molecule is Cl.NCC1CN(Cc2ccc(OC(F)F)cc2)CCO1. The maximum atomic E-state index is 12.0. The van der Waals surface area contributed by atoms with Crippen LogP contribution >= 0.6 is 12.4 Å². The van der Waals surface area contributed by atoms with Crippen molar-refractivity contribution in [1.29, 1.82) is 0 Å². The number of alkyl halides is 2. The first-order chi connectivity index (χ1) is 9.17. The predicted molar refractivity (Wildman–Crippen MR) is 74.4 cm³/mol. The van der Waals surface area contributed by atoms with Crippen molar-refractivity contribution in [1.82, 2.24) is 4.90 Å². The number of benzene rings is 1. The monoisotopic (exact) mass is 308 g/mol. The van der Waals surface area contributed by atoms with Gasteiger partial charge in [0, 0.05) is 26.2 Å². The van der Waals surface area contributed by atoms with Crippen LogP contribution in [0.5, 0.6) is 5.75 Å². The third kappa shape index (κ3) is 5.20. The Kier molecular flexibility index (Phi) is 7.15. The number of hydrogen-bond acceptors (Lipinski definition) is 4. The molecule has 1 saturated heterocycles. The number of hydrogen-bond donors (Lipinski definition) is 1. The zero-order valence-electron chi connectivity index (χ0n) is 11.0. The summed E-state index contributed by atoms with van der Waals surface area (Å²) in [5.74, 6) is 0.181.